The molecule has 0 fully saturated rings. The first-order valence-corrected chi connectivity index (χ1v) is 5.54. The molecule has 0 nitrogen and oxygen atoms in total. The topological polar surface area (TPSA) is 0 Å². The molecule has 81 valence electrons. The van der Waals surface area contributed by atoms with Crippen LogP contribution < -0.4 is 0 Å². The Morgan fingerprint density at radius 1 is 0.938 bits per heavy atom. The minimum Gasteiger partial charge on any atom is -0.206 e. The summed E-state index contributed by atoms with van der Waals surface area (Å²) in [6, 6.07) is 10.3. The zero-order chi connectivity index (χ0) is 11.7. The van der Waals surface area contributed by atoms with Crippen LogP contribution in [0.5, 0.6) is 0 Å². The van der Waals surface area contributed by atoms with E-state index in [-0.39, 0.29) is 10.6 Å². The van der Waals surface area contributed by atoms with E-state index < -0.39 is 5.82 Å². The molecule has 0 saturated heterocycles. The summed E-state index contributed by atoms with van der Waals surface area (Å²) >= 11 is 17.9. The molecule has 2 rings (SSSR count). The Hall–Kier alpha value is -0.760. The van der Waals surface area contributed by atoms with Crippen molar-refractivity contribution in [3.05, 3.63) is 57.3 Å². The first-order chi connectivity index (χ1) is 7.61. The van der Waals surface area contributed by atoms with Crippen molar-refractivity contribution in [1.82, 2.24) is 0 Å². The molecule has 0 unspecified atom stereocenters. The lowest BCUT2D eigenvalue weighted by Crippen LogP contribution is -1.88. The van der Waals surface area contributed by atoms with Gasteiger partial charge >= 0.3 is 0 Å². The van der Waals surface area contributed by atoms with Crippen LogP contribution >= 0.6 is 34.8 Å². The van der Waals surface area contributed by atoms with Crippen LogP contribution in [-0.4, -0.2) is 0 Å². The minimum atomic E-state index is -0.473. The Labute approximate surface area is 108 Å². The summed E-state index contributed by atoms with van der Waals surface area (Å²) in [6.45, 7) is 0. The van der Waals surface area contributed by atoms with Crippen molar-refractivity contribution in [2.24, 2.45) is 0 Å². The average molecular weight is 275 g/mol. The van der Waals surface area contributed by atoms with Crippen LogP contribution in [0.3, 0.4) is 0 Å². The van der Waals surface area contributed by atoms with Crippen molar-refractivity contribution in [3.63, 3.8) is 0 Å². The van der Waals surface area contributed by atoms with E-state index in [1.807, 2.05) is 0 Å². The lowest BCUT2D eigenvalue weighted by atomic mass is 10.0. The Kier molecular flexibility index (Phi) is 3.38. The summed E-state index contributed by atoms with van der Waals surface area (Å²) in [5, 5.41) is 0.871. The molecule has 0 atom stereocenters. The molecule has 0 amide bonds. The Morgan fingerprint density at radius 2 is 1.56 bits per heavy atom. The van der Waals surface area contributed by atoms with Gasteiger partial charge in [-0.15, -0.1) is 0 Å². The fourth-order valence-corrected chi connectivity index (χ4v) is 2.25. The molecule has 16 heavy (non-hydrogen) atoms. The molecule has 2 aromatic carbocycles. The van der Waals surface area contributed by atoms with Crippen LogP contribution in [0.15, 0.2) is 30.3 Å². The fourth-order valence-electron chi connectivity index (χ4n) is 1.41. The minimum absolute atomic E-state index is 0.162. The highest BCUT2D eigenvalue weighted by molar-refractivity contribution is 6.41. The van der Waals surface area contributed by atoms with Crippen molar-refractivity contribution < 1.29 is 4.39 Å². The maximum Gasteiger partial charge on any atom is 0.132 e. The van der Waals surface area contributed by atoms with E-state index in [0.29, 0.717) is 15.6 Å². The maximum atomic E-state index is 13.7. The molecule has 0 saturated carbocycles. The van der Waals surface area contributed by atoms with Crippen LogP contribution in [0.25, 0.3) is 11.1 Å². The van der Waals surface area contributed by atoms with Crippen LogP contribution in [-0.2, 0) is 0 Å². The van der Waals surface area contributed by atoms with Gasteiger partial charge in [-0.3, -0.25) is 0 Å². The second kappa shape index (κ2) is 4.62. The van der Waals surface area contributed by atoms with E-state index in [2.05, 4.69) is 6.07 Å². The summed E-state index contributed by atoms with van der Waals surface area (Å²) in [7, 11) is 0. The maximum absolute atomic E-state index is 13.7. The van der Waals surface area contributed by atoms with Crippen molar-refractivity contribution in [3.8, 4) is 11.1 Å². The first-order valence-electron chi connectivity index (χ1n) is 4.41. The van der Waals surface area contributed by atoms with Gasteiger partial charge in [0.25, 0.3) is 0 Å². The zero-order valence-electron chi connectivity index (χ0n) is 7.90. The molecule has 1 radical (unpaired) electrons. The van der Waals surface area contributed by atoms with E-state index in [1.54, 1.807) is 18.2 Å². The monoisotopic (exact) mass is 273 g/mol. The standard InChI is InChI=1S/C12H5Cl3F/c13-7-3-1-4-8(14)11(7)12-9(15)5-2-6-10(12)16/h1-4,6H. The van der Waals surface area contributed by atoms with E-state index in [9.17, 15) is 4.39 Å². The van der Waals surface area contributed by atoms with E-state index in [4.69, 9.17) is 34.8 Å². The third-order valence-electron chi connectivity index (χ3n) is 2.11. The Morgan fingerprint density at radius 3 is 2.12 bits per heavy atom. The van der Waals surface area contributed by atoms with Gasteiger partial charge in [-0.25, -0.2) is 4.39 Å². The van der Waals surface area contributed by atoms with Gasteiger partial charge in [0.15, 0.2) is 0 Å². The third kappa shape index (κ3) is 2.03. The van der Waals surface area contributed by atoms with Gasteiger partial charge in [-0.2, -0.15) is 0 Å². The van der Waals surface area contributed by atoms with Crippen molar-refractivity contribution in [2.45, 2.75) is 0 Å². The van der Waals surface area contributed by atoms with Crippen molar-refractivity contribution >= 4 is 34.8 Å². The van der Waals surface area contributed by atoms with Gasteiger partial charge in [0, 0.05) is 17.2 Å². The lowest BCUT2D eigenvalue weighted by molar-refractivity contribution is 0.631. The largest absolute Gasteiger partial charge is 0.206 e. The molecule has 0 aliphatic rings. The van der Waals surface area contributed by atoms with Gasteiger partial charge in [-0.1, -0.05) is 40.9 Å². The molecule has 0 spiro atoms. The summed E-state index contributed by atoms with van der Waals surface area (Å²) in [6.07, 6.45) is 0. The highest BCUT2D eigenvalue weighted by Crippen LogP contribution is 2.39. The van der Waals surface area contributed by atoms with Crippen LogP contribution in [0.2, 0.25) is 15.1 Å². The number of rotatable bonds is 1. The van der Waals surface area contributed by atoms with Crippen LogP contribution in [0, 0.1) is 11.9 Å². The zero-order valence-corrected chi connectivity index (χ0v) is 10.2. The number of benzene rings is 2. The smallest absolute Gasteiger partial charge is 0.132 e. The van der Waals surface area contributed by atoms with Gasteiger partial charge < -0.3 is 0 Å². The summed E-state index contributed by atoms with van der Waals surface area (Å²) in [5.74, 6) is -0.473. The Balaban J connectivity index is 2.77. The second-order valence-electron chi connectivity index (χ2n) is 3.11. The lowest BCUT2D eigenvalue weighted by Gasteiger charge is -2.09. The predicted molar refractivity (Wildman–Crippen MR) is 65.7 cm³/mol. The SMILES string of the molecule is Fc1cc[c]c(Cl)c1-c1c(Cl)cccc1Cl. The summed E-state index contributed by atoms with van der Waals surface area (Å²) in [4.78, 5) is 0. The molecule has 0 heterocycles. The third-order valence-corrected chi connectivity index (χ3v) is 3.04. The molecule has 0 aliphatic heterocycles. The molecule has 0 N–H and O–H groups in total. The second-order valence-corrected chi connectivity index (χ2v) is 4.30. The van der Waals surface area contributed by atoms with Crippen molar-refractivity contribution in [2.75, 3.05) is 0 Å². The van der Waals surface area contributed by atoms with E-state index >= 15 is 0 Å². The number of halogens is 4. The van der Waals surface area contributed by atoms with Crippen LogP contribution in [0.1, 0.15) is 0 Å². The quantitative estimate of drug-likeness (QED) is 0.666. The summed E-state index contributed by atoms with van der Waals surface area (Å²) in [5.41, 5.74) is 0.574. The van der Waals surface area contributed by atoms with Crippen molar-refractivity contribution in [1.29, 1.82) is 0 Å². The van der Waals surface area contributed by atoms with E-state index in [1.165, 1.54) is 12.1 Å². The molecular weight excluding hydrogens is 269 g/mol. The summed E-state index contributed by atoms with van der Waals surface area (Å²) < 4.78 is 13.7. The molecular formula is C12H5Cl3F. The van der Waals surface area contributed by atoms with Gasteiger partial charge in [0.05, 0.1) is 15.1 Å². The average Bonchev–Trinajstić information content (AvgIpc) is 2.21. The van der Waals surface area contributed by atoms with E-state index in [0.717, 1.165) is 0 Å². The highest BCUT2D eigenvalue weighted by atomic mass is 35.5. The molecule has 2 aromatic rings. The fraction of sp³-hybridized carbons (Fsp3) is 0. The number of hydrogen-bond acceptors (Lipinski definition) is 0. The molecule has 0 aromatic heterocycles. The molecule has 0 bridgehead atoms. The predicted octanol–water partition coefficient (Wildman–Crippen LogP) is 5.25. The molecule has 4 heteroatoms. The highest BCUT2D eigenvalue weighted by Gasteiger charge is 2.15. The normalized spacial score (nSPS) is 10.5. The van der Waals surface area contributed by atoms with Crippen LogP contribution in [0.4, 0.5) is 4.39 Å². The Bertz CT molecular complexity index is 448. The molecule has 0 aliphatic carbocycles. The van der Waals surface area contributed by atoms with Gasteiger partial charge in [-0.05, 0) is 24.3 Å². The first kappa shape index (κ1) is 11.7. The van der Waals surface area contributed by atoms with Gasteiger partial charge in [0.2, 0.25) is 0 Å². The van der Waals surface area contributed by atoms with Gasteiger partial charge in [0.1, 0.15) is 5.82 Å². The number of hydrogen-bond donors (Lipinski definition) is 0.